The van der Waals surface area contributed by atoms with E-state index in [1.165, 1.54) is 16.5 Å². The van der Waals surface area contributed by atoms with Gasteiger partial charge in [-0.2, -0.15) is 10.5 Å². The molecular weight excluding hydrogens is 592 g/mol. The van der Waals surface area contributed by atoms with Crippen LogP contribution in [-0.2, 0) is 11.2 Å². The van der Waals surface area contributed by atoms with E-state index in [0.717, 1.165) is 54.5 Å². The maximum Gasteiger partial charge on any atom is 0.246 e. The number of carbonyl (C=O) groups excluding carboxylic acids is 1. The number of thioether (sulfide) groups is 1. The number of halogens is 1. The van der Waals surface area contributed by atoms with Crippen LogP contribution >= 0.6 is 23.4 Å². The average molecular weight is 627 g/mol. The van der Waals surface area contributed by atoms with Crippen molar-refractivity contribution in [3.8, 4) is 29.1 Å². The van der Waals surface area contributed by atoms with E-state index in [9.17, 15) is 15.3 Å². The maximum absolute atomic E-state index is 12.6. The summed E-state index contributed by atoms with van der Waals surface area (Å²) in [4.78, 5) is 24.9. The standard InChI is InChI=1S/C34H35ClN6O2S/c1-3-32(42)41-15-14-40(20-22(41)11-12-36)33-27-17-29(35)26(24-8-4-10-31-25(24)9-6-16-44-31)18-30(27)38-34(28(33)19-37)43-21-23-7-5-13-39(23)2/h3-4,8,10,17-18,22-23H,1,5-7,9,11,13-16,20-21H2,2H3/t22-,23-/m0/s1. The Kier molecular flexibility index (Phi) is 9.00. The highest BCUT2D eigenvalue weighted by Crippen LogP contribution is 2.44. The maximum atomic E-state index is 12.6. The zero-order valence-electron chi connectivity index (χ0n) is 24.9. The molecule has 4 heterocycles. The molecule has 0 unspecified atom stereocenters. The fourth-order valence-electron chi connectivity index (χ4n) is 6.74. The van der Waals surface area contributed by atoms with Crippen molar-refractivity contribution in [3.05, 3.63) is 59.1 Å². The van der Waals surface area contributed by atoms with E-state index in [4.69, 9.17) is 21.3 Å². The van der Waals surface area contributed by atoms with Crippen LogP contribution in [0.25, 0.3) is 22.0 Å². The fourth-order valence-corrected chi connectivity index (χ4v) is 8.07. The molecule has 0 bridgehead atoms. The van der Waals surface area contributed by atoms with E-state index in [2.05, 4.69) is 53.8 Å². The first-order valence-electron chi connectivity index (χ1n) is 15.1. The molecule has 6 rings (SSSR count). The minimum Gasteiger partial charge on any atom is -0.475 e. The van der Waals surface area contributed by atoms with Crippen molar-refractivity contribution in [3.63, 3.8) is 0 Å². The lowest BCUT2D eigenvalue weighted by Gasteiger charge is -2.42. The Morgan fingerprint density at radius 2 is 2.07 bits per heavy atom. The van der Waals surface area contributed by atoms with E-state index in [1.807, 2.05) is 23.9 Å². The van der Waals surface area contributed by atoms with Crippen LogP contribution in [0.3, 0.4) is 0 Å². The summed E-state index contributed by atoms with van der Waals surface area (Å²) in [5, 5.41) is 21.5. The number of carbonyl (C=O) groups is 1. The number of benzene rings is 2. The van der Waals surface area contributed by atoms with Gasteiger partial charge in [0.05, 0.1) is 29.7 Å². The second-order valence-corrected chi connectivity index (χ2v) is 13.2. The van der Waals surface area contributed by atoms with Gasteiger partial charge in [0.2, 0.25) is 11.8 Å². The average Bonchev–Trinajstić information content (AvgIpc) is 3.46. The molecule has 226 valence electrons. The van der Waals surface area contributed by atoms with Gasteiger partial charge in [-0.3, -0.25) is 4.79 Å². The van der Waals surface area contributed by atoms with Gasteiger partial charge in [-0.15, -0.1) is 11.8 Å². The Hall–Kier alpha value is -3.76. The highest BCUT2D eigenvalue weighted by molar-refractivity contribution is 7.99. The quantitative estimate of drug-likeness (QED) is 0.292. The van der Waals surface area contributed by atoms with E-state index in [1.54, 1.807) is 4.90 Å². The lowest BCUT2D eigenvalue weighted by molar-refractivity contribution is -0.128. The Labute approximate surface area is 267 Å². The number of likely N-dealkylation sites (tertiary alicyclic amines) is 1. The SMILES string of the molecule is C=CC(=O)N1CCN(c2c(C#N)c(OC[C@@H]3CCCN3C)nc3cc(-c4cccc5c4CCCS5)c(Cl)cc23)C[C@@H]1CC#N. The Balaban J connectivity index is 1.49. The minimum absolute atomic E-state index is 0.167. The lowest BCUT2D eigenvalue weighted by Crippen LogP contribution is -2.55. The van der Waals surface area contributed by atoms with Crippen molar-refractivity contribution in [1.29, 1.82) is 10.5 Å². The highest BCUT2D eigenvalue weighted by atomic mass is 35.5. The summed E-state index contributed by atoms with van der Waals surface area (Å²) in [6, 6.07) is 14.8. The van der Waals surface area contributed by atoms with Gasteiger partial charge in [-0.05, 0) is 80.4 Å². The lowest BCUT2D eigenvalue weighted by atomic mass is 9.94. The van der Waals surface area contributed by atoms with E-state index < -0.39 is 0 Å². The number of fused-ring (bicyclic) bond motifs is 2. The highest BCUT2D eigenvalue weighted by Gasteiger charge is 2.33. The first-order valence-corrected chi connectivity index (χ1v) is 16.5. The van der Waals surface area contributed by atoms with Crippen LogP contribution in [0.15, 0.2) is 47.9 Å². The molecule has 2 atom stereocenters. The van der Waals surface area contributed by atoms with Gasteiger partial charge in [0.25, 0.3) is 0 Å². The van der Waals surface area contributed by atoms with Crippen molar-refractivity contribution < 1.29 is 9.53 Å². The first-order chi connectivity index (χ1) is 21.4. The van der Waals surface area contributed by atoms with E-state index >= 15 is 0 Å². The van der Waals surface area contributed by atoms with Crippen LogP contribution < -0.4 is 9.64 Å². The second kappa shape index (κ2) is 13.1. The van der Waals surface area contributed by atoms with Gasteiger partial charge in [0, 0.05) is 46.5 Å². The topological polar surface area (TPSA) is 96.5 Å². The molecular formula is C34H35ClN6O2S. The third kappa shape index (κ3) is 5.73. The number of ether oxygens (including phenoxy) is 1. The minimum atomic E-state index is -0.353. The van der Waals surface area contributed by atoms with Crippen LogP contribution in [0.5, 0.6) is 5.88 Å². The summed E-state index contributed by atoms with van der Waals surface area (Å²) in [5.41, 5.74) is 5.04. The number of anilines is 1. The van der Waals surface area contributed by atoms with Crippen molar-refractivity contribution in [2.75, 3.05) is 50.5 Å². The Morgan fingerprint density at radius 1 is 1.20 bits per heavy atom. The van der Waals surface area contributed by atoms with Crippen LogP contribution in [0.1, 0.15) is 36.8 Å². The molecule has 0 spiro atoms. The Bertz CT molecular complexity index is 1700. The molecule has 0 saturated carbocycles. The van der Waals surface area contributed by atoms with Gasteiger partial charge in [-0.1, -0.05) is 30.3 Å². The van der Waals surface area contributed by atoms with Crippen LogP contribution in [0.4, 0.5) is 5.69 Å². The van der Waals surface area contributed by atoms with Gasteiger partial charge < -0.3 is 19.4 Å². The smallest absolute Gasteiger partial charge is 0.246 e. The predicted octanol–water partition coefficient (Wildman–Crippen LogP) is 6.06. The molecule has 1 amide bonds. The molecule has 1 aromatic heterocycles. The van der Waals surface area contributed by atoms with E-state index in [-0.39, 0.29) is 24.4 Å². The van der Waals surface area contributed by atoms with Crippen molar-refractivity contribution >= 4 is 45.9 Å². The zero-order chi connectivity index (χ0) is 30.8. The Morgan fingerprint density at radius 3 is 2.82 bits per heavy atom. The number of hydrogen-bond acceptors (Lipinski definition) is 8. The molecule has 3 aromatic rings. The van der Waals surface area contributed by atoms with Crippen molar-refractivity contribution in [2.24, 2.45) is 0 Å². The summed E-state index contributed by atoms with van der Waals surface area (Å²) >= 11 is 8.95. The monoisotopic (exact) mass is 626 g/mol. The fraction of sp³-hybridized carbons (Fsp3) is 0.412. The van der Waals surface area contributed by atoms with Crippen LogP contribution in [-0.4, -0.2) is 78.4 Å². The molecule has 3 aliphatic heterocycles. The number of rotatable bonds is 7. The molecule has 2 saturated heterocycles. The molecule has 2 aromatic carbocycles. The van der Waals surface area contributed by atoms with Crippen molar-refractivity contribution in [2.45, 2.75) is 49.1 Å². The number of likely N-dealkylation sites (N-methyl/N-ethyl adjacent to an activating group) is 1. The molecule has 2 fully saturated rings. The summed E-state index contributed by atoms with van der Waals surface area (Å²) in [6.45, 7) is 6.35. The first kappa shape index (κ1) is 30.3. The van der Waals surface area contributed by atoms with Crippen molar-refractivity contribution in [1.82, 2.24) is 14.8 Å². The summed E-state index contributed by atoms with van der Waals surface area (Å²) in [7, 11) is 2.10. The molecule has 44 heavy (non-hydrogen) atoms. The number of nitrogens with zero attached hydrogens (tertiary/aromatic N) is 6. The van der Waals surface area contributed by atoms with Gasteiger partial charge in [0.1, 0.15) is 18.2 Å². The molecule has 0 N–H and O–H groups in total. The predicted molar refractivity (Wildman–Crippen MR) is 175 cm³/mol. The number of pyridine rings is 1. The van der Waals surface area contributed by atoms with Gasteiger partial charge in [-0.25, -0.2) is 4.98 Å². The number of aromatic nitrogens is 1. The van der Waals surface area contributed by atoms with E-state index in [0.29, 0.717) is 53.9 Å². The number of piperazine rings is 1. The summed E-state index contributed by atoms with van der Waals surface area (Å²) in [5.74, 6) is 1.21. The summed E-state index contributed by atoms with van der Waals surface area (Å²) < 4.78 is 6.37. The normalized spacial score (nSPS) is 20.2. The molecule has 0 radical (unpaired) electrons. The van der Waals surface area contributed by atoms with Crippen LogP contribution in [0, 0.1) is 22.7 Å². The third-order valence-corrected chi connectivity index (χ3v) is 10.5. The number of amides is 1. The van der Waals surface area contributed by atoms with Crippen LogP contribution in [0.2, 0.25) is 5.02 Å². The largest absolute Gasteiger partial charge is 0.475 e. The second-order valence-electron chi connectivity index (χ2n) is 11.6. The van der Waals surface area contributed by atoms with Gasteiger partial charge >= 0.3 is 0 Å². The summed E-state index contributed by atoms with van der Waals surface area (Å²) in [6.07, 6.45) is 5.71. The zero-order valence-corrected chi connectivity index (χ0v) is 26.5. The molecule has 10 heteroatoms. The number of nitriles is 2. The third-order valence-electron chi connectivity index (χ3n) is 9.04. The molecule has 8 nitrogen and oxygen atoms in total. The number of hydrogen-bond donors (Lipinski definition) is 0. The van der Waals surface area contributed by atoms with Gasteiger partial charge in [0.15, 0.2) is 0 Å². The molecule has 3 aliphatic rings. The molecule has 0 aliphatic carbocycles.